The van der Waals surface area contributed by atoms with Gasteiger partial charge in [-0.2, -0.15) is 5.10 Å². The molecular weight excluding hydrogens is 258 g/mol. The molecule has 1 saturated heterocycles. The summed E-state index contributed by atoms with van der Waals surface area (Å²) in [4.78, 5) is 16.3. The first-order valence-corrected chi connectivity index (χ1v) is 6.34. The number of hydrogen-bond donors (Lipinski definition) is 2. The van der Waals surface area contributed by atoms with E-state index in [1.54, 1.807) is 35.4 Å². The van der Waals surface area contributed by atoms with E-state index in [4.69, 9.17) is 10.5 Å². The summed E-state index contributed by atoms with van der Waals surface area (Å²) in [6.07, 6.45) is 5.07. The highest BCUT2D eigenvalue weighted by Gasteiger charge is 2.31. The van der Waals surface area contributed by atoms with E-state index < -0.39 is 0 Å². The number of rotatable bonds is 3. The number of nitrogens with two attached hydrogens (primary N) is 1. The summed E-state index contributed by atoms with van der Waals surface area (Å²) in [7, 11) is 0. The Morgan fingerprint density at radius 1 is 1.45 bits per heavy atom. The number of carbonyl (C=O) groups excluding carboxylic acids is 1. The smallest absolute Gasteiger partial charge is 0.231 e. The summed E-state index contributed by atoms with van der Waals surface area (Å²) >= 11 is 0. The minimum Gasteiger partial charge on any atom is -0.379 e. The molecule has 0 spiro atoms. The zero-order valence-corrected chi connectivity index (χ0v) is 10.8. The Balaban J connectivity index is 1.68. The molecule has 2 unspecified atom stereocenters. The van der Waals surface area contributed by atoms with Crippen molar-refractivity contribution in [3.05, 3.63) is 36.8 Å². The van der Waals surface area contributed by atoms with E-state index >= 15 is 0 Å². The zero-order valence-electron chi connectivity index (χ0n) is 10.8. The van der Waals surface area contributed by atoms with E-state index in [-0.39, 0.29) is 17.9 Å². The van der Waals surface area contributed by atoms with E-state index in [0.717, 1.165) is 0 Å². The lowest BCUT2D eigenvalue weighted by Gasteiger charge is -2.13. The molecular formula is C13H15N5O2. The molecule has 20 heavy (non-hydrogen) atoms. The van der Waals surface area contributed by atoms with E-state index in [1.807, 2.05) is 6.07 Å². The van der Waals surface area contributed by atoms with Crippen LogP contribution in [-0.4, -0.2) is 39.9 Å². The number of aromatic nitrogens is 3. The lowest BCUT2D eigenvalue weighted by atomic mass is 10.0. The summed E-state index contributed by atoms with van der Waals surface area (Å²) in [5, 5.41) is 6.88. The summed E-state index contributed by atoms with van der Waals surface area (Å²) in [5.41, 5.74) is 6.44. The molecule has 3 N–H and O–H groups in total. The Labute approximate surface area is 115 Å². The van der Waals surface area contributed by atoms with Gasteiger partial charge >= 0.3 is 0 Å². The van der Waals surface area contributed by atoms with Gasteiger partial charge in [-0.25, -0.2) is 9.67 Å². The maximum atomic E-state index is 12.0. The van der Waals surface area contributed by atoms with Gasteiger partial charge in [0.05, 0.1) is 31.0 Å². The van der Waals surface area contributed by atoms with E-state index in [2.05, 4.69) is 15.4 Å². The molecule has 0 aromatic carbocycles. The summed E-state index contributed by atoms with van der Waals surface area (Å²) in [5.74, 6) is 0.248. The molecule has 0 aliphatic carbocycles. The first-order chi connectivity index (χ1) is 9.74. The highest BCUT2D eigenvalue weighted by molar-refractivity contribution is 5.93. The molecule has 104 valence electrons. The number of nitrogens with zero attached hydrogens (tertiary/aromatic N) is 3. The second-order valence-electron chi connectivity index (χ2n) is 4.65. The first-order valence-electron chi connectivity index (χ1n) is 6.34. The fourth-order valence-electron chi connectivity index (χ4n) is 2.08. The zero-order chi connectivity index (χ0) is 13.9. The fraction of sp³-hybridized carbons (Fsp3) is 0.308. The predicted molar refractivity (Wildman–Crippen MR) is 72.3 cm³/mol. The molecule has 0 bridgehead atoms. The number of nitrogens with one attached hydrogen (secondary N) is 1. The summed E-state index contributed by atoms with van der Waals surface area (Å²) in [6, 6.07) is 5.14. The minimum absolute atomic E-state index is 0.136. The van der Waals surface area contributed by atoms with Crippen LogP contribution in [0.15, 0.2) is 36.8 Å². The van der Waals surface area contributed by atoms with Crippen LogP contribution in [0.2, 0.25) is 0 Å². The van der Waals surface area contributed by atoms with Gasteiger partial charge in [0, 0.05) is 18.4 Å². The minimum atomic E-state index is -0.305. The van der Waals surface area contributed by atoms with Gasteiger partial charge in [0.2, 0.25) is 5.91 Å². The average molecular weight is 273 g/mol. The Kier molecular flexibility index (Phi) is 3.44. The molecule has 2 atom stereocenters. The Hall–Kier alpha value is -2.25. The third-order valence-electron chi connectivity index (χ3n) is 3.22. The molecule has 1 amide bonds. The van der Waals surface area contributed by atoms with Gasteiger partial charge in [0.15, 0.2) is 5.82 Å². The highest BCUT2D eigenvalue weighted by Crippen LogP contribution is 2.15. The van der Waals surface area contributed by atoms with Gasteiger partial charge in [-0.15, -0.1) is 0 Å². The Morgan fingerprint density at radius 2 is 2.35 bits per heavy atom. The van der Waals surface area contributed by atoms with E-state index in [0.29, 0.717) is 24.7 Å². The van der Waals surface area contributed by atoms with Crippen LogP contribution in [0.25, 0.3) is 5.82 Å². The van der Waals surface area contributed by atoms with Crippen molar-refractivity contribution in [3.8, 4) is 5.82 Å². The molecule has 7 nitrogen and oxygen atoms in total. The van der Waals surface area contributed by atoms with Crippen molar-refractivity contribution in [1.82, 2.24) is 14.8 Å². The lowest BCUT2D eigenvalue weighted by Crippen LogP contribution is -2.37. The van der Waals surface area contributed by atoms with Crippen LogP contribution in [-0.2, 0) is 9.53 Å². The third-order valence-corrected chi connectivity index (χ3v) is 3.22. The topological polar surface area (TPSA) is 95.1 Å². The summed E-state index contributed by atoms with van der Waals surface area (Å²) < 4.78 is 6.83. The SMILES string of the molecule is NC1COCC1C(=O)Nc1ccc(-n2cccn2)nc1. The fourth-order valence-corrected chi connectivity index (χ4v) is 2.08. The van der Waals surface area contributed by atoms with Crippen LogP contribution in [0.3, 0.4) is 0 Å². The van der Waals surface area contributed by atoms with Gasteiger partial charge in [0.1, 0.15) is 0 Å². The van der Waals surface area contributed by atoms with Crippen molar-refractivity contribution in [2.45, 2.75) is 6.04 Å². The Morgan fingerprint density at radius 3 is 2.95 bits per heavy atom. The molecule has 1 aliphatic heterocycles. The van der Waals surface area contributed by atoms with Gasteiger partial charge in [-0.1, -0.05) is 0 Å². The number of ether oxygens (including phenoxy) is 1. The van der Waals surface area contributed by atoms with Crippen molar-refractivity contribution in [1.29, 1.82) is 0 Å². The molecule has 1 aliphatic rings. The molecule has 2 aromatic rings. The molecule has 2 aromatic heterocycles. The quantitative estimate of drug-likeness (QED) is 0.831. The number of anilines is 1. The van der Waals surface area contributed by atoms with Crippen LogP contribution < -0.4 is 11.1 Å². The summed E-state index contributed by atoms with van der Waals surface area (Å²) in [6.45, 7) is 0.792. The largest absolute Gasteiger partial charge is 0.379 e. The second kappa shape index (κ2) is 5.40. The molecule has 1 fully saturated rings. The normalized spacial score (nSPS) is 21.9. The van der Waals surface area contributed by atoms with Crippen molar-refractivity contribution >= 4 is 11.6 Å². The number of amides is 1. The molecule has 0 saturated carbocycles. The first kappa shape index (κ1) is 12.8. The monoisotopic (exact) mass is 273 g/mol. The van der Waals surface area contributed by atoms with Crippen molar-refractivity contribution < 1.29 is 9.53 Å². The molecule has 3 rings (SSSR count). The number of carbonyl (C=O) groups is 1. The third kappa shape index (κ3) is 2.54. The second-order valence-corrected chi connectivity index (χ2v) is 4.65. The Bertz CT molecular complexity index is 581. The molecule has 7 heteroatoms. The van der Waals surface area contributed by atoms with Crippen molar-refractivity contribution in [3.63, 3.8) is 0 Å². The molecule has 3 heterocycles. The van der Waals surface area contributed by atoms with Crippen molar-refractivity contribution in [2.24, 2.45) is 11.7 Å². The van der Waals surface area contributed by atoms with Gasteiger partial charge < -0.3 is 15.8 Å². The maximum absolute atomic E-state index is 12.0. The predicted octanol–water partition coefficient (Wildman–Crippen LogP) is 0.179. The van der Waals surface area contributed by atoms with Crippen LogP contribution in [0.5, 0.6) is 0 Å². The van der Waals surface area contributed by atoms with E-state index in [1.165, 1.54) is 0 Å². The van der Waals surface area contributed by atoms with Gasteiger partial charge in [-0.3, -0.25) is 4.79 Å². The standard InChI is InChI=1S/C13H15N5O2/c14-11-8-20-7-10(11)13(19)17-9-2-3-12(15-6-9)18-5-1-4-16-18/h1-6,10-11H,7-8,14H2,(H,17,19). The lowest BCUT2D eigenvalue weighted by molar-refractivity contribution is -0.120. The molecule has 0 radical (unpaired) electrons. The van der Waals surface area contributed by atoms with Crippen LogP contribution in [0.4, 0.5) is 5.69 Å². The van der Waals surface area contributed by atoms with Crippen LogP contribution in [0.1, 0.15) is 0 Å². The average Bonchev–Trinajstić information content (AvgIpc) is 3.10. The number of pyridine rings is 1. The van der Waals surface area contributed by atoms with Crippen LogP contribution >= 0.6 is 0 Å². The van der Waals surface area contributed by atoms with Gasteiger partial charge in [-0.05, 0) is 18.2 Å². The van der Waals surface area contributed by atoms with E-state index in [9.17, 15) is 4.79 Å². The maximum Gasteiger partial charge on any atom is 0.231 e. The van der Waals surface area contributed by atoms with Crippen molar-refractivity contribution in [2.75, 3.05) is 18.5 Å². The highest BCUT2D eigenvalue weighted by atomic mass is 16.5. The van der Waals surface area contributed by atoms with Gasteiger partial charge in [0.25, 0.3) is 0 Å². The number of hydrogen-bond acceptors (Lipinski definition) is 5. The van der Waals surface area contributed by atoms with Crippen LogP contribution in [0, 0.1) is 5.92 Å².